The van der Waals surface area contributed by atoms with E-state index < -0.39 is 10.0 Å². The van der Waals surface area contributed by atoms with Crippen LogP contribution in [0.4, 0.5) is 0 Å². The molecule has 0 aromatic rings. The lowest BCUT2D eigenvalue weighted by molar-refractivity contribution is 0.0805. The van der Waals surface area contributed by atoms with Crippen LogP contribution in [0.5, 0.6) is 0 Å². The van der Waals surface area contributed by atoms with Gasteiger partial charge in [0.05, 0.1) is 12.4 Å². The molecule has 1 aliphatic rings. The summed E-state index contributed by atoms with van der Waals surface area (Å²) in [7, 11) is -3.02. The van der Waals surface area contributed by atoms with Gasteiger partial charge in [0.15, 0.2) is 0 Å². The van der Waals surface area contributed by atoms with Crippen LogP contribution in [0, 0.1) is 5.92 Å². The Labute approximate surface area is 97.9 Å². The predicted molar refractivity (Wildman–Crippen MR) is 63.1 cm³/mol. The van der Waals surface area contributed by atoms with Gasteiger partial charge in [-0.3, -0.25) is 0 Å². The second-order valence-corrected chi connectivity index (χ2v) is 6.43. The van der Waals surface area contributed by atoms with Crippen molar-refractivity contribution in [3.05, 3.63) is 0 Å². The normalized spacial score (nSPS) is 20.1. The SMILES string of the molecule is CCCCS(=O)(=O)N1CCC(CON)CC1. The zero-order valence-corrected chi connectivity index (χ0v) is 10.7. The molecule has 2 N–H and O–H groups in total. The van der Waals surface area contributed by atoms with Crippen molar-refractivity contribution in [1.82, 2.24) is 4.31 Å². The van der Waals surface area contributed by atoms with Gasteiger partial charge in [-0.05, 0) is 25.2 Å². The summed E-state index contributed by atoms with van der Waals surface area (Å²) in [5, 5.41) is 0. The highest BCUT2D eigenvalue weighted by Crippen LogP contribution is 2.20. The molecule has 6 heteroatoms. The van der Waals surface area contributed by atoms with Crippen molar-refractivity contribution in [2.45, 2.75) is 32.6 Å². The van der Waals surface area contributed by atoms with E-state index in [1.165, 1.54) is 0 Å². The Morgan fingerprint density at radius 3 is 2.50 bits per heavy atom. The summed E-state index contributed by atoms with van der Waals surface area (Å²) in [6.45, 7) is 3.75. The first-order valence-corrected chi connectivity index (χ1v) is 7.50. The number of rotatable bonds is 6. The zero-order chi connectivity index (χ0) is 12.0. The maximum Gasteiger partial charge on any atom is 0.214 e. The molecule has 0 aromatic carbocycles. The van der Waals surface area contributed by atoms with Crippen LogP contribution in [-0.2, 0) is 14.9 Å². The van der Waals surface area contributed by atoms with Crippen molar-refractivity contribution in [3.63, 3.8) is 0 Å². The lowest BCUT2D eigenvalue weighted by Crippen LogP contribution is -2.40. The van der Waals surface area contributed by atoms with Crippen LogP contribution < -0.4 is 5.90 Å². The van der Waals surface area contributed by atoms with Crippen LogP contribution in [0.2, 0.25) is 0 Å². The van der Waals surface area contributed by atoms with Crippen molar-refractivity contribution in [2.75, 3.05) is 25.4 Å². The minimum absolute atomic E-state index is 0.279. The van der Waals surface area contributed by atoms with Crippen LogP contribution in [0.25, 0.3) is 0 Å². The first-order valence-electron chi connectivity index (χ1n) is 5.89. The molecule has 1 heterocycles. The van der Waals surface area contributed by atoms with Crippen LogP contribution in [-0.4, -0.2) is 38.2 Å². The average Bonchev–Trinajstić information content (AvgIpc) is 2.28. The van der Waals surface area contributed by atoms with Crippen molar-refractivity contribution in [2.24, 2.45) is 11.8 Å². The topological polar surface area (TPSA) is 72.6 Å². The average molecular weight is 250 g/mol. The van der Waals surface area contributed by atoms with E-state index in [0.29, 0.717) is 25.6 Å². The number of sulfonamides is 1. The maximum atomic E-state index is 11.9. The molecule has 0 unspecified atom stereocenters. The highest BCUT2D eigenvalue weighted by molar-refractivity contribution is 7.89. The monoisotopic (exact) mass is 250 g/mol. The molecule has 0 aromatic heterocycles. The van der Waals surface area contributed by atoms with Gasteiger partial charge >= 0.3 is 0 Å². The maximum absolute atomic E-state index is 11.9. The zero-order valence-electron chi connectivity index (χ0n) is 9.89. The molecule has 16 heavy (non-hydrogen) atoms. The van der Waals surface area contributed by atoms with Gasteiger partial charge in [0, 0.05) is 13.1 Å². The number of nitrogens with two attached hydrogens (primary N) is 1. The summed E-state index contributed by atoms with van der Waals surface area (Å²) in [5.41, 5.74) is 0. The van der Waals surface area contributed by atoms with Gasteiger partial charge in [0.1, 0.15) is 0 Å². The summed E-state index contributed by atoms with van der Waals surface area (Å²) in [6, 6.07) is 0. The Hall–Kier alpha value is -0.170. The molecule has 0 aliphatic carbocycles. The van der Waals surface area contributed by atoms with Gasteiger partial charge in [0.2, 0.25) is 10.0 Å². The summed E-state index contributed by atoms with van der Waals surface area (Å²) in [6.07, 6.45) is 3.36. The largest absolute Gasteiger partial charge is 0.304 e. The second kappa shape index (κ2) is 6.54. The third-order valence-corrected chi connectivity index (χ3v) is 5.01. The third kappa shape index (κ3) is 4.01. The van der Waals surface area contributed by atoms with Gasteiger partial charge < -0.3 is 4.84 Å². The highest BCUT2D eigenvalue weighted by atomic mass is 32.2. The number of unbranched alkanes of at least 4 members (excludes halogenated alkanes) is 1. The fourth-order valence-electron chi connectivity index (χ4n) is 1.95. The molecule has 1 rings (SSSR count). The second-order valence-electron chi connectivity index (χ2n) is 4.35. The molecular formula is C10H22N2O3S. The van der Waals surface area contributed by atoms with Crippen LogP contribution in [0.1, 0.15) is 32.6 Å². The molecule has 0 amide bonds. The Balaban J connectivity index is 2.40. The molecule has 0 bridgehead atoms. The Morgan fingerprint density at radius 2 is 2.00 bits per heavy atom. The quantitative estimate of drug-likeness (QED) is 0.705. The van der Waals surface area contributed by atoms with Crippen LogP contribution in [0.15, 0.2) is 0 Å². The third-order valence-electron chi connectivity index (χ3n) is 3.05. The van der Waals surface area contributed by atoms with Gasteiger partial charge in [-0.2, -0.15) is 0 Å². The standard InChI is InChI=1S/C10H22N2O3S/c1-2-3-8-16(13,14)12-6-4-10(5-7-12)9-15-11/h10H,2-9,11H2,1H3. The van der Waals surface area contributed by atoms with E-state index in [1.54, 1.807) is 4.31 Å². The molecule has 0 radical (unpaired) electrons. The summed E-state index contributed by atoms with van der Waals surface area (Å²) in [5.74, 6) is 5.70. The van der Waals surface area contributed by atoms with Crippen molar-refractivity contribution >= 4 is 10.0 Å². The molecular weight excluding hydrogens is 228 g/mol. The van der Waals surface area contributed by atoms with E-state index in [1.807, 2.05) is 6.92 Å². The fraction of sp³-hybridized carbons (Fsp3) is 1.00. The molecule has 1 aliphatic heterocycles. The molecule has 0 saturated carbocycles. The van der Waals surface area contributed by atoms with Gasteiger partial charge in [0.25, 0.3) is 0 Å². The molecule has 0 atom stereocenters. The fourth-order valence-corrected chi connectivity index (χ4v) is 3.62. The van der Waals surface area contributed by atoms with Crippen LogP contribution >= 0.6 is 0 Å². The number of nitrogens with zero attached hydrogens (tertiary/aromatic N) is 1. The first-order chi connectivity index (χ1) is 7.60. The minimum atomic E-state index is -3.02. The summed E-state index contributed by atoms with van der Waals surface area (Å²) < 4.78 is 25.4. The smallest absolute Gasteiger partial charge is 0.214 e. The van der Waals surface area contributed by atoms with Gasteiger partial charge in [-0.1, -0.05) is 13.3 Å². The number of piperidine rings is 1. The first kappa shape index (κ1) is 13.9. The Morgan fingerprint density at radius 1 is 1.38 bits per heavy atom. The Kier molecular flexibility index (Phi) is 5.68. The molecule has 5 nitrogen and oxygen atoms in total. The van der Waals surface area contributed by atoms with E-state index in [2.05, 4.69) is 4.84 Å². The van der Waals surface area contributed by atoms with Crippen LogP contribution in [0.3, 0.4) is 0 Å². The molecule has 0 spiro atoms. The lowest BCUT2D eigenvalue weighted by Gasteiger charge is -2.30. The van der Waals surface area contributed by atoms with Crippen molar-refractivity contribution in [3.8, 4) is 0 Å². The Bertz CT molecular complexity index is 284. The highest BCUT2D eigenvalue weighted by Gasteiger charge is 2.27. The van der Waals surface area contributed by atoms with E-state index >= 15 is 0 Å². The van der Waals surface area contributed by atoms with E-state index in [-0.39, 0.29) is 5.75 Å². The molecule has 1 fully saturated rings. The summed E-state index contributed by atoms with van der Waals surface area (Å²) in [4.78, 5) is 4.60. The van der Waals surface area contributed by atoms with Crippen molar-refractivity contribution in [1.29, 1.82) is 0 Å². The summed E-state index contributed by atoms with van der Waals surface area (Å²) >= 11 is 0. The van der Waals surface area contributed by atoms with Gasteiger partial charge in [-0.25, -0.2) is 18.6 Å². The van der Waals surface area contributed by atoms with E-state index in [4.69, 9.17) is 5.90 Å². The number of hydrogen-bond acceptors (Lipinski definition) is 4. The van der Waals surface area contributed by atoms with E-state index in [9.17, 15) is 8.42 Å². The van der Waals surface area contributed by atoms with Gasteiger partial charge in [-0.15, -0.1) is 0 Å². The van der Waals surface area contributed by atoms with Crippen molar-refractivity contribution < 1.29 is 13.3 Å². The predicted octanol–water partition coefficient (Wildman–Crippen LogP) is 0.719. The van der Waals surface area contributed by atoms with E-state index in [0.717, 1.165) is 25.7 Å². The minimum Gasteiger partial charge on any atom is -0.304 e. The lowest BCUT2D eigenvalue weighted by atomic mass is 9.99. The molecule has 96 valence electrons. The number of hydrogen-bond donors (Lipinski definition) is 1. The molecule has 1 saturated heterocycles.